The minimum absolute atomic E-state index is 0.104. The van der Waals surface area contributed by atoms with Crippen LogP contribution >= 0.6 is 11.5 Å². The number of nitrogens with zero attached hydrogens (tertiary/aromatic N) is 5. The summed E-state index contributed by atoms with van der Waals surface area (Å²) in [7, 11) is 1.72. The monoisotopic (exact) mass is 294 g/mol. The number of carbonyl (C=O) groups excluding carboxylic acids is 1. The molecule has 0 fully saturated rings. The van der Waals surface area contributed by atoms with E-state index in [0.717, 1.165) is 23.1 Å². The van der Waals surface area contributed by atoms with Gasteiger partial charge in [0.15, 0.2) is 5.82 Å². The lowest BCUT2D eigenvalue weighted by Crippen LogP contribution is -2.28. The Labute approximate surface area is 121 Å². The quantitative estimate of drug-likeness (QED) is 0.927. The molecule has 20 heavy (non-hydrogen) atoms. The van der Waals surface area contributed by atoms with Crippen LogP contribution in [0.5, 0.6) is 0 Å². The molecule has 0 bridgehead atoms. The molecule has 2 aromatic heterocycles. The molecule has 0 radical (unpaired) electrons. The number of rotatable bonds is 3. The Hall–Kier alpha value is -1.83. The highest BCUT2D eigenvalue weighted by molar-refractivity contribution is 7.08. The lowest BCUT2D eigenvalue weighted by atomic mass is 9.91. The Morgan fingerprint density at radius 1 is 1.40 bits per heavy atom. The molecule has 8 heteroatoms. The molecule has 0 saturated heterocycles. The molecule has 7 nitrogen and oxygen atoms in total. The maximum absolute atomic E-state index is 12.5. The summed E-state index contributed by atoms with van der Waals surface area (Å²) in [4.78, 5) is 18.8. The molecule has 1 N–H and O–H groups in total. The first-order chi connectivity index (χ1) is 9.29. The van der Waals surface area contributed by atoms with Crippen LogP contribution in [-0.4, -0.2) is 42.6 Å². The first-order valence-corrected chi connectivity index (χ1v) is 7.02. The zero-order valence-electron chi connectivity index (χ0n) is 12.3. The summed E-state index contributed by atoms with van der Waals surface area (Å²) >= 11 is 1.13. The number of hydrogen-bond donors (Lipinski definition) is 1. The summed E-state index contributed by atoms with van der Waals surface area (Å²) in [6.07, 6.45) is 0. The summed E-state index contributed by atoms with van der Waals surface area (Å²) in [5.74, 6) is 1.22. The predicted octanol–water partition coefficient (Wildman–Crippen LogP) is 1.53. The topological polar surface area (TPSA) is 87.7 Å². The summed E-state index contributed by atoms with van der Waals surface area (Å²) in [5, 5.41) is 10.9. The van der Waals surface area contributed by atoms with Crippen LogP contribution < -0.4 is 0 Å². The summed E-state index contributed by atoms with van der Waals surface area (Å²) in [5.41, 5.74) is 0.519. The van der Waals surface area contributed by atoms with Gasteiger partial charge in [-0.05, 0) is 18.5 Å². The third-order valence-electron chi connectivity index (χ3n) is 2.76. The molecular weight excluding hydrogens is 276 g/mol. The van der Waals surface area contributed by atoms with Crippen LogP contribution in [0, 0.1) is 6.92 Å². The molecule has 2 heterocycles. The second kappa shape index (κ2) is 5.28. The first-order valence-electron chi connectivity index (χ1n) is 6.25. The summed E-state index contributed by atoms with van der Waals surface area (Å²) in [6.45, 7) is 8.21. The highest BCUT2D eigenvalue weighted by Gasteiger charge is 2.28. The fourth-order valence-corrected chi connectivity index (χ4v) is 2.61. The average Bonchev–Trinajstić information content (AvgIpc) is 2.96. The largest absolute Gasteiger partial charge is 0.333 e. The van der Waals surface area contributed by atoms with E-state index in [1.165, 1.54) is 0 Å². The SMILES string of the molecule is Cc1nc(CN(C)C(=O)c2snnc2C(C)(C)C)n[nH]1. The summed E-state index contributed by atoms with van der Waals surface area (Å²) < 4.78 is 3.91. The first kappa shape index (κ1) is 14.6. The number of aromatic nitrogens is 5. The number of H-pyrrole nitrogens is 1. The lowest BCUT2D eigenvalue weighted by Gasteiger charge is -2.19. The fraction of sp³-hybridized carbons (Fsp3) is 0.583. The van der Waals surface area contributed by atoms with E-state index < -0.39 is 0 Å². The van der Waals surface area contributed by atoms with E-state index in [-0.39, 0.29) is 11.3 Å². The Balaban J connectivity index is 2.17. The smallest absolute Gasteiger partial charge is 0.267 e. The van der Waals surface area contributed by atoms with Crippen LogP contribution in [0.2, 0.25) is 0 Å². The van der Waals surface area contributed by atoms with Gasteiger partial charge in [-0.1, -0.05) is 25.3 Å². The van der Waals surface area contributed by atoms with E-state index >= 15 is 0 Å². The molecule has 0 aliphatic heterocycles. The zero-order chi connectivity index (χ0) is 14.9. The van der Waals surface area contributed by atoms with Crippen molar-refractivity contribution in [3.63, 3.8) is 0 Å². The van der Waals surface area contributed by atoms with Crippen LogP contribution in [0.15, 0.2) is 0 Å². The maximum Gasteiger partial charge on any atom is 0.267 e. The van der Waals surface area contributed by atoms with Crippen LogP contribution in [0.4, 0.5) is 0 Å². The van der Waals surface area contributed by atoms with Crippen LogP contribution in [0.25, 0.3) is 0 Å². The van der Waals surface area contributed by atoms with Crippen molar-refractivity contribution in [1.82, 2.24) is 29.7 Å². The molecule has 0 spiro atoms. The molecule has 0 aromatic carbocycles. The van der Waals surface area contributed by atoms with Crippen LogP contribution in [0.1, 0.15) is 47.8 Å². The minimum atomic E-state index is -0.208. The number of aromatic amines is 1. The Kier molecular flexibility index (Phi) is 3.85. The number of carbonyl (C=O) groups is 1. The highest BCUT2D eigenvalue weighted by atomic mass is 32.1. The van der Waals surface area contributed by atoms with Crippen molar-refractivity contribution >= 4 is 17.4 Å². The van der Waals surface area contributed by atoms with Gasteiger partial charge in [0, 0.05) is 12.5 Å². The molecule has 0 saturated carbocycles. The van der Waals surface area contributed by atoms with Gasteiger partial charge in [-0.15, -0.1) is 5.10 Å². The van der Waals surface area contributed by atoms with E-state index in [4.69, 9.17) is 0 Å². The molecule has 0 aliphatic carbocycles. The van der Waals surface area contributed by atoms with Gasteiger partial charge in [-0.2, -0.15) is 5.10 Å². The maximum atomic E-state index is 12.5. The van der Waals surface area contributed by atoms with Gasteiger partial charge < -0.3 is 4.90 Å². The van der Waals surface area contributed by atoms with Crippen LogP contribution in [0.3, 0.4) is 0 Å². The van der Waals surface area contributed by atoms with Crippen molar-refractivity contribution in [2.45, 2.75) is 39.7 Å². The molecular formula is C12H18N6OS. The van der Waals surface area contributed by atoms with Gasteiger partial charge in [-0.3, -0.25) is 9.89 Å². The van der Waals surface area contributed by atoms with Crippen molar-refractivity contribution in [3.05, 3.63) is 22.2 Å². The summed E-state index contributed by atoms with van der Waals surface area (Å²) in [6, 6.07) is 0. The van der Waals surface area contributed by atoms with Crippen molar-refractivity contribution in [1.29, 1.82) is 0 Å². The van der Waals surface area contributed by atoms with E-state index in [1.807, 2.05) is 27.7 Å². The zero-order valence-corrected chi connectivity index (χ0v) is 13.1. The van der Waals surface area contributed by atoms with Gasteiger partial charge in [0.2, 0.25) is 0 Å². The highest BCUT2D eigenvalue weighted by Crippen LogP contribution is 2.26. The molecule has 1 amide bonds. The number of nitrogens with one attached hydrogen (secondary N) is 1. The Bertz CT molecular complexity index is 611. The van der Waals surface area contributed by atoms with Gasteiger partial charge in [-0.25, -0.2) is 4.98 Å². The van der Waals surface area contributed by atoms with Crippen molar-refractivity contribution in [2.24, 2.45) is 0 Å². The standard InChI is InChI=1S/C12H18N6OS/c1-7-13-8(15-14-7)6-18(5)11(19)9-10(12(2,3)4)16-17-20-9/h6H2,1-5H3,(H,13,14,15). The second-order valence-corrected chi connectivity index (χ2v) is 6.45. The second-order valence-electron chi connectivity index (χ2n) is 5.70. The van der Waals surface area contributed by atoms with E-state index in [9.17, 15) is 4.79 Å². The normalized spacial score (nSPS) is 11.7. The Morgan fingerprint density at radius 2 is 2.10 bits per heavy atom. The third-order valence-corrected chi connectivity index (χ3v) is 3.48. The van der Waals surface area contributed by atoms with E-state index in [2.05, 4.69) is 24.8 Å². The number of amides is 1. The van der Waals surface area contributed by atoms with Crippen molar-refractivity contribution in [3.8, 4) is 0 Å². The molecule has 0 unspecified atom stereocenters. The van der Waals surface area contributed by atoms with E-state index in [0.29, 0.717) is 17.2 Å². The van der Waals surface area contributed by atoms with Gasteiger partial charge in [0.1, 0.15) is 10.7 Å². The third kappa shape index (κ3) is 3.01. The predicted molar refractivity (Wildman–Crippen MR) is 75.5 cm³/mol. The number of aryl methyl sites for hydroxylation is 1. The lowest BCUT2D eigenvalue weighted by molar-refractivity contribution is 0.0783. The molecule has 0 aliphatic rings. The average molecular weight is 294 g/mol. The van der Waals surface area contributed by atoms with Gasteiger partial charge in [0.25, 0.3) is 5.91 Å². The number of hydrogen-bond acceptors (Lipinski definition) is 6. The molecule has 2 aromatic rings. The van der Waals surface area contributed by atoms with Gasteiger partial charge in [0.05, 0.1) is 12.2 Å². The van der Waals surface area contributed by atoms with Gasteiger partial charge >= 0.3 is 0 Å². The van der Waals surface area contributed by atoms with Crippen LogP contribution in [-0.2, 0) is 12.0 Å². The fourth-order valence-electron chi connectivity index (χ4n) is 1.74. The molecule has 108 valence electrons. The molecule has 2 rings (SSSR count). The molecule has 0 atom stereocenters. The minimum Gasteiger partial charge on any atom is -0.333 e. The van der Waals surface area contributed by atoms with Crippen molar-refractivity contribution in [2.75, 3.05) is 7.05 Å². The van der Waals surface area contributed by atoms with Crippen molar-refractivity contribution < 1.29 is 4.79 Å². The van der Waals surface area contributed by atoms with E-state index in [1.54, 1.807) is 11.9 Å². The Morgan fingerprint density at radius 3 is 2.65 bits per heavy atom.